The second-order valence-corrected chi connectivity index (χ2v) is 6.31. The number of nitrogens with one attached hydrogen (secondary N) is 1. The molecule has 1 aliphatic rings. The Morgan fingerprint density at radius 3 is 3.16 bits per heavy atom. The summed E-state index contributed by atoms with van der Waals surface area (Å²) in [6.07, 6.45) is 1.20. The first kappa shape index (κ1) is 14.5. The third-order valence-electron chi connectivity index (χ3n) is 3.62. The van der Waals surface area contributed by atoms with Crippen LogP contribution in [0, 0.1) is 5.92 Å². The Morgan fingerprint density at radius 1 is 1.63 bits per heavy atom. The standard InChI is InChI=1S/C14H23N3OS/c1-15-8-12-5-6-17(9-12)11-14(18)16(2)10-13-4-3-7-19-13/h3-4,7,12,15H,5-6,8-11H2,1-2H3. The summed E-state index contributed by atoms with van der Waals surface area (Å²) in [4.78, 5) is 17.5. The second kappa shape index (κ2) is 7.03. The summed E-state index contributed by atoms with van der Waals surface area (Å²) in [5.41, 5.74) is 0. The smallest absolute Gasteiger partial charge is 0.236 e. The van der Waals surface area contributed by atoms with Crippen LogP contribution in [0.25, 0.3) is 0 Å². The summed E-state index contributed by atoms with van der Waals surface area (Å²) in [6.45, 7) is 4.42. The van der Waals surface area contributed by atoms with E-state index in [1.165, 1.54) is 11.3 Å². The largest absolute Gasteiger partial charge is 0.340 e. The van der Waals surface area contributed by atoms with Gasteiger partial charge in [-0.15, -0.1) is 11.3 Å². The Hall–Kier alpha value is -0.910. The molecule has 0 spiro atoms. The number of amides is 1. The van der Waals surface area contributed by atoms with E-state index < -0.39 is 0 Å². The average molecular weight is 281 g/mol. The van der Waals surface area contributed by atoms with Crippen molar-refractivity contribution < 1.29 is 4.79 Å². The van der Waals surface area contributed by atoms with Gasteiger partial charge in [0.2, 0.25) is 5.91 Å². The summed E-state index contributed by atoms with van der Waals surface area (Å²) in [5.74, 6) is 0.916. The Bertz CT molecular complexity index is 393. The van der Waals surface area contributed by atoms with Crippen molar-refractivity contribution in [3.63, 3.8) is 0 Å². The number of likely N-dealkylation sites (N-methyl/N-ethyl adjacent to an activating group) is 1. The minimum absolute atomic E-state index is 0.221. The third-order valence-corrected chi connectivity index (χ3v) is 4.48. The maximum atomic E-state index is 12.2. The molecule has 2 rings (SSSR count). The molecular formula is C14H23N3OS. The topological polar surface area (TPSA) is 35.6 Å². The Labute approximate surface area is 119 Å². The molecule has 1 fully saturated rings. The van der Waals surface area contributed by atoms with Crippen LogP contribution in [0.4, 0.5) is 0 Å². The highest BCUT2D eigenvalue weighted by Gasteiger charge is 2.24. The zero-order chi connectivity index (χ0) is 13.7. The lowest BCUT2D eigenvalue weighted by atomic mass is 10.1. The molecule has 1 aromatic heterocycles. The van der Waals surface area contributed by atoms with E-state index in [0.717, 1.165) is 26.2 Å². The average Bonchev–Trinajstić information content (AvgIpc) is 3.02. The normalized spacial score (nSPS) is 19.8. The monoisotopic (exact) mass is 281 g/mol. The van der Waals surface area contributed by atoms with E-state index in [1.54, 1.807) is 11.3 Å². The molecule has 5 heteroatoms. The van der Waals surface area contributed by atoms with Crippen molar-refractivity contribution in [2.45, 2.75) is 13.0 Å². The molecule has 0 aliphatic carbocycles. The van der Waals surface area contributed by atoms with Gasteiger partial charge in [0.25, 0.3) is 0 Å². The first-order valence-corrected chi connectivity index (χ1v) is 7.70. The van der Waals surface area contributed by atoms with Gasteiger partial charge in [-0.3, -0.25) is 9.69 Å². The second-order valence-electron chi connectivity index (χ2n) is 5.28. The molecule has 1 saturated heterocycles. The van der Waals surface area contributed by atoms with Crippen LogP contribution >= 0.6 is 11.3 Å². The molecule has 0 aromatic carbocycles. The van der Waals surface area contributed by atoms with Crippen LogP contribution in [0.5, 0.6) is 0 Å². The molecule has 0 radical (unpaired) electrons. The molecule has 1 amide bonds. The van der Waals surface area contributed by atoms with Crippen LogP contribution in [0.1, 0.15) is 11.3 Å². The molecule has 19 heavy (non-hydrogen) atoms. The van der Waals surface area contributed by atoms with E-state index in [-0.39, 0.29) is 5.91 Å². The fourth-order valence-electron chi connectivity index (χ4n) is 2.55. The Kier molecular flexibility index (Phi) is 5.36. The Morgan fingerprint density at radius 2 is 2.47 bits per heavy atom. The van der Waals surface area contributed by atoms with E-state index >= 15 is 0 Å². The van der Waals surface area contributed by atoms with Gasteiger partial charge in [0.15, 0.2) is 0 Å². The van der Waals surface area contributed by atoms with Gasteiger partial charge in [-0.25, -0.2) is 0 Å². The number of likely N-dealkylation sites (tertiary alicyclic amines) is 1. The molecule has 0 saturated carbocycles. The van der Waals surface area contributed by atoms with Gasteiger partial charge >= 0.3 is 0 Å². The summed E-state index contributed by atoms with van der Waals surface area (Å²) >= 11 is 1.70. The van der Waals surface area contributed by atoms with Crippen molar-refractivity contribution >= 4 is 17.2 Å². The highest BCUT2D eigenvalue weighted by molar-refractivity contribution is 7.09. The molecule has 1 atom stereocenters. The van der Waals surface area contributed by atoms with Crippen LogP contribution in [-0.4, -0.2) is 56.0 Å². The molecule has 1 unspecified atom stereocenters. The van der Waals surface area contributed by atoms with E-state index in [9.17, 15) is 4.79 Å². The molecule has 1 N–H and O–H groups in total. The molecular weight excluding hydrogens is 258 g/mol. The predicted octanol–water partition coefficient (Wildman–Crippen LogP) is 1.25. The van der Waals surface area contributed by atoms with Crippen molar-refractivity contribution in [2.75, 3.05) is 40.3 Å². The van der Waals surface area contributed by atoms with E-state index in [2.05, 4.69) is 21.7 Å². The summed E-state index contributed by atoms with van der Waals surface area (Å²) < 4.78 is 0. The van der Waals surface area contributed by atoms with Crippen molar-refractivity contribution in [1.29, 1.82) is 0 Å². The van der Waals surface area contributed by atoms with Crippen molar-refractivity contribution in [1.82, 2.24) is 15.1 Å². The van der Waals surface area contributed by atoms with Crippen molar-refractivity contribution in [2.24, 2.45) is 5.92 Å². The number of hydrogen-bond acceptors (Lipinski definition) is 4. The first-order valence-electron chi connectivity index (χ1n) is 6.82. The van der Waals surface area contributed by atoms with Crippen LogP contribution in [-0.2, 0) is 11.3 Å². The fourth-order valence-corrected chi connectivity index (χ4v) is 3.31. The highest BCUT2D eigenvalue weighted by Crippen LogP contribution is 2.16. The van der Waals surface area contributed by atoms with Gasteiger partial charge in [0.1, 0.15) is 0 Å². The van der Waals surface area contributed by atoms with Crippen LogP contribution in [0.2, 0.25) is 0 Å². The van der Waals surface area contributed by atoms with Crippen LogP contribution in [0.3, 0.4) is 0 Å². The fraction of sp³-hybridized carbons (Fsp3) is 0.643. The van der Waals surface area contributed by atoms with Crippen molar-refractivity contribution in [3.05, 3.63) is 22.4 Å². The summed E-state index contributed by atoms with van der Waals surface area (Å²) in [6, 6.07) is 4.11. The van der Waals surface area contributed by atoms with E-state index in [4.69, 9.17) is 0 Å². The number of carbonyl (C=O) groups excluding carboxylic acids is 1. The summed E-state index contributed by atoms with van der Waals surface area (Å²) in [7, 11) is 3.88. The maximum absolute atomic E-state index is 12.2. The van der Waals surface area contributed by atoms with E-state index in [0.29, 0.717) is 12.5 Å². The molecule has 1 aliphatic heterocycles. The number of nitrogens with zero attached hydrogens (tertiary/aromatic N) is 2. The van der Waals surface area contributed by atoms with Gasteiger partial charge in [0, 0.05) is 18.5 Å². The van der Waals surface area contributed by atoms with Crippen LogP contribution in [0.15, 0.2) is 17.5 Å². The SMILES string of the molecule is CNCC1CCN(CC(=O)N(C)Cc2cccs2)C1. The molecule has 4 nitrogen and oxygen atoms in total. The minimum atomic E-state index is 0.221. The molecule has 106 valence electrons. The van der Waals surface area contributed by atoms with Crippen molar-refractivity contribution in [3.8, 4) is 0 Å². The molecule has 2 heterocycles. The zero-order valence-corrected chi connectivity index (χ0v) is 12.6. The lowest BCUT2D eigenvalue weighted by Gasteiger charge is -2.21. The van der Waals surface area contributed by atoms with Gasteiger partial charge in [0.05, 0.1) is 13.1 Å². The van der Waals surface area contributed by atoms with E-state index in [1.807, 2.05) is 25.1 Å². The zero-order valence-electron chi connectivity index (χ0n) is 11.8. The van der Waals surface area contributed by atoms with Gasteiger partial charge in [-0.05, 0) is 43.9 Å². The molecule has 0 bridgehead atoms. The lowest BCUT2D eigenvalue weighted by molar-refractivity contribution is -0.131. The molecule has 1 aromatic rings. The highest BCUT2D eigenvalue weighted by atomic mass is 32.1. The number of thiophene rings is 1. The Balaban J connectivity index is 1.75. The van der Waals surface area contributed by atoms with Crippen LogP contribution < -0.4 is 5.32 Å². The number of carbonyl (C=O) groups is 1. The van der Waals surface area contributed by atoms with Gasteiger partial charge in [-0.2, -0.15) is 0 Å². The van der Waals surface area contributed by atoms with Gasteiger partial charge in [-0.1, -0.05) is 6.07 Å². The third kappa shape index (κ3) is 4.30. The van der Waals surface area contributed by atoms with Gasteiger partial charge < -0.3 is 10.2 Å². The summed E-state index contributed by atoms with van der Waals surface area (Å²) in [5, 5.41) is 5.27. The lowest BCUT2D eigenvalue weighted by Crippen LogP contribution is -2.37. The number of hydrogen-bond donors (Lipinski definition) is 1. The number of rotatable bonds is 6. The quantitative estimate of drug-likeness (QED) is 0.852. The predicted molar refractivity (Wildman–Crippen MR) is 79.3 cm³/mol. The minimum Gasteiger partial charge on any atom is -0.340 e. The maximum Gasteiger partial charge on any atom is 0.236 e. The first-order chi connectivity index (χ1) is 9.19.